The van der Waals surface area contributed by atoms with Gasteiger partial charge in [0.05, 0.1) is 0 Å². The van der Waals surface area contributed by atoms with Crippen molar-refractivity contribution in [2.24, 2.45) is 5.41 Å². The van der Waals surface area contributed by atoms with Crippen molar-refractivity contribution in [1.82, 2.24) is 9.80 Å². The predicted molar refractivity (Wildman–Crippen MR) is 87.0 cm³/mol. The van der Waals surface area contributed by atoms with E-state index in [1.807, 2.05) is 0 Å². The second-order valence-corrected chi connectivity index (χ2v) is 7.23. The summed E-state index contributed by atoms with van der Waals surface area (Å²) in [5, 5.41) is 0. The average Bonchev–Trinajstić information content (AvgIpc) is 2.64. The quantitative estimate of drug-likeness (QED) is 0.853. The van der Waals surface area contributed by atoms with Crippen molar-refractivity contribution in [1.29, 1.82) is 0 Å². The largest absolute Gasteiger partial charge is 0.341 e. The number of amides is 1. The molecule has 0 bridgehead atoms. The van der Waals surface area contributed by atoms with Gasteiger partial charge in [-0.2, -0.15) is 0 Å². The summed E-state index contributed by atoms with van der Waals surface area (Å²) in [7, 11) is 0. The number of carbonyl (C=O) groups is 1. The smallest absolute Gasteiger partial charge is 0.223 e. The van der Waals surface area contributed by atoms with Crippen molar-refractivity contribution in [2.45, 2.75) is 40.2 Å². The number of nitrogens with zero attached hydrogens (tertiary/aromatic N) is 2. The summed E-state index contributed by atoms with van der Waals surface area (Å²) in [5.74, 6) is 0.309. The van der Waals surface area contributed by atoms with Gasteiger partial charge in [-0.25, -0.2) is 0 Å². The van der Waals surface area contributed by atoms with Gasteiger partial charge < -0.3 is 4.90 Å². The van der Waals surface area contributed by atoms with E-state index in [4.69, 9.17) is 0 Å². The maximum atomic E-state index is 12.3. The minimum absolute atomic E-state index is 0.0765. The first-order valence-corrected chi connectivity index (χ1v) is 7.98. The van der Waals surface area contributed by atoms with Crippen LogP contribution in [0.4, 0.5) is 0 Å². The zero-order valence-corrected chi connectivity index (χ0v) is 13.6. The Labute approximate surface area is 128 Å². The second kappa shape index (κ2) is 7.08. The zero-order chi connectivity index (χ0) is 15.3. The van der Waals surface area contributed by atoms with Gasteiger partial charge in [0.15, 0.2) is 0 Å². The number of benzene rings is 1. The molecular formula is C18H28N2O. The van der Waals surface area contributed by atoms with E-state index in [1.54, 1.807) is 0 Å². The topological polar surface area (TPSA) is 23.6 Å². The lowest BCUT2D eigenvalue weighted by molar-refractivity contribution is -0.132. The minimum atomic E-state index is 0.0765. The molecule has 1 saturated heterocycles. The number of hydrogen-bond acceptors (Lipinski definition) is 2. The van der Waals surface area contributed by atoms with Crippen molar-refractivity contribution in [2.75, 3.05) is 26.2 Å². The molecule has 2 rings (SSSR count). The molecule has 0 aromatic heterocycles. The lowest BCUT2D eigenvalue weighted by atomic mass is 9.91. The van der Waals surface area contributed by atoms with E-state index in [9.17, 15) is 4.79 Å². The molecule has 0 aliphatic carbocycles. The van der Waals surface area contributed by atoms with Crippen LogP contribution >= 0.6 is 0 Å². The van der Waals surface area contributed by atoms with Gasteiger partial charge >= 0.3 is 0 Å². The monoisotopic (exact) mass is 288 g/mol. The molecule has 0 radical (unpaired) electrons. The van der Waals surface area contributed by atoms with Crippen LogP contribution in [0.3, 0.4) is 0 Å². The maximum Gasteiger partial charge on any atom is 0.223 e. The van der Waals surface area contributed by atoms with Gasteiger partial charge in [0.2, 0.25) is 5.91 Å². The Balaban J connectivity index is 1.86. The highest BCUT2D eigenvalue weighted by Gasteiger charge is 2.23. The molecule has 0 atom stereocenters. The Morgan fingerprint density at radius 2 is 1.76 bits per heavy atom. The molecule has 21 heavy (non-hydrogen) atoms. The van der Waals surface area contributed by atoms with Crippen LogP contribution in [0.2, 0.25) is 0 Å². The molecule has 0 saturated carbocycles. The lowest BCUT2D eigenvalue weighted by Crippen LogP contribution is -2.36. The molecule has 116 valence electrons. The van der Waals surface area contributed by atoms with Gasteiger partial charge in [0.1, 0.15) is 0 Å². The summed E-state index contributed by atoms with van der Waals surface area (Å²) in [6.07, 6.45) is 1.72. The minimum Gasteiger partial charge on any atom is -0.341 e. The van der Waals surface area contributed by atoms with Crippen LogP contribution in [0.25, 0.3) is 0 Å². The Morgan fingerprint density at radius 3 is 2.43 bits per heavy atom. The molecule has 0 N–H and O–H groups in total. The first-order valence-electron chi connectivity index (χ1n) is 7.98. The van der Waals surface area contributed by atoms with E-state index in [0.717, 1.165) is 39.1 Å². The third kappa shape index (κ3) is 5.50. The fourth-order valence-corrected chi connectivity index (χ4v) is 2.79. The number of carbonyl (C=O) groups excluding carboxylic acids is 1. The van der Waals surface area contributed by atoms with Gasteiger partial charge in [-0.1, -0.05) is 51.1 Å². The Morgan fingerprint density at radius 1 is 1.05 bits per heavy atom. The fraction of sp³-hybridized carbons (Fsp3) is 0.611. The van der Waals surface area contributed by atoms with Gasteiger partial charge in [-0.15, -0.1) is 0 Å². The predicted octanol–water partition coefficient (Wildman–Crippen LogP) is 3.16. The summed E-state index contributed by atoms with van der Waals surface area (Å²) in [6.45, 7) is 11.2. The van der Waals surface area contributed by atoms with Gasteiger partial charge in [0.25, 0.3) is 0 Å². The Bertz CT molecular complexity index is 450. The molecule has 0 spiro atoms. The average molecular weight is 288 g/mol. The van der Waals surface area contributed by atoms with Crippen molar-refractivity contribution < 1.29 is 4.79 Å². The molecule has 1 aromatic rings. The molecule has 1 heterocycles. The van der Waals surface area contributed by atoms with Crippen molar-refractivity contribution >= 4 is 5.91 Å². The highest BCUT2D eigenvalue weighted by molar-refractivity contribution is 5.76. The van der Waals surface area contributed by atoms with Crippen LogP contribution in [0.15, 0.2) is 30.3 Å². The van der Waals surface area contributed by atoms with E-state index >= 15 is 0 Å². The van der Waals surface area contributed by atoms with Gasteiger partial charge in [-0.3, -0.25) is 9.69 Å². The molecule has 1 aliphatic rings. The highest BCUT2D eigenvalue weighted by Crippen LogP contribution is 2.20. The molecular weight excluding hydrogens is 260 g/mol. The first-order chi connectivity index (χ1) is 9.94. The molecule has 3 heteroatoms. The summed E-state index contributed by atoms with van der Waals surface area (Å²) >= 11 is 0. The number of rotatable bonds is 3. The third-order valence-corrected chi connectivity index (χ3v) is 3.87. The van der Waals surface area contributed by atoms with Gasteiger partial charge in [-0.05, 0) is 17.4 Å². The van der Waals surface area contributed by atoms with Crippen LogP contribution in [0, 0.1) is 5.41 Å². The van der Waals surface area contributed by atoms with Crippen molar-refractivity contribution in [3.63, 3.8) is 0 Å². The molecule has 1 aromatic carbocycles. The van der Waals surface area contributed by atoms with Crippen molar-refractivity contribution in [3.8, 4) is 0 Å². The van der Waals surface area contributed by atoms with Crippen LogP contribution in [-0.4, -0.2) is 41.9 Å². The van der Waals surface area contributed by atoms with E-state index in [-0.39, 0.29) is 5.41 Å². The normalized spacial score (nSPS) is 17.6. The Hall–Kier alpha value is -1.35. The second-order valence-electron chi connectivity index (χ2n) is 7.23. The van der Waals surface area contributed by atoms with E-state index in [1.165, 1.54) is 5.56 Å². The summed E-state index contributed by atoms with van der Waals surface area (Å²) in [4.78, 5) is 16.8. The first kappa shape index (κ1) is 16.0. The van der Waals surface area contributed by atoms with Gasteiger partial charge in [0, 0.05) is 39.1 Å². The Kier molecular flexibility index (Phi) is 5.40. The van der Waals surface area contributed by atoms with E-state index in [0.29, 0.717) is 12.3 Å². The molecule has 3 nitrogen and oxygen atoms in total. The molecule has 0 unspecified atom stereocenters. The standard InChI is InChI=1S/C18H28N2O/c1-18(2,3)14-17(21)20-11-7-10-19(12-13-20)15-16-8-5-4-6-9-16/h4-6,8-9H,7,10-15H2,1-3H3. The third-order valence-electron chi connectivity index (χ3n) is 3.87. The maximum absolute atomic E-state index is 12.3. The highest BCUT2D eigenvalue weighted by atomic mass is 16.2. The fourth-order valence-electron chi connectivity index (χ4n) is 2.79. The van der Waals surface area contributed by atoms with Crippen LogP contribution in [-0.2, 0) is 11.3 Å². The van der Waals surface area contributed by atoms with Crippen molar-refractivity contribution in [3.05, 3.63) is 35.9 Å². The summed E-state index contributed by atoms with van der Waals surface area (Å²) in [5.41, 5.74) is 1.43. The van der Waals surface area contributed by atoms with E-state index < -0.39 is 0 Å². The molecule has 1 fully saturated rings. The zero-order valence-electron chi connectivity index (χ0n) is 13.6. The summed E-state index contributed by atoms with van der Waals surface area (Å²) in [6, 6.07) is 10.6. The molecule has 1 aliphatic heterocycles. The van der Waals surface area contributed by atoms with Crippen LogP contribution < -0.4 is 0 Å². The number of hydrogen-bond donors (Lipinski definition) is 0. The van der Waals surface area contributed by atoms with Crippen LogP contribution in [0.5, 0.6) is 0 Å². The summed E-state index contributed by atoms with van der Waals surface area (Å²) < 4.78 is 0. The lowest BCUT2D eigenvalue weighted by Gasteiger charge is -2.25. The SMILES string of the molecule is CC(C)(C)CC(=O)N1CCCN(Cc2ccccc2)CC1. The van der Waals surface area contributed by atoms with E-state index in [2.05, 4.69) is 60.9 Å². The molecule has 1 amide bonds. The van der Waals surface area contributed by atoms with Crippen LogP contribution in [0.1, 0.15) is 39.2 Å².